The van der Waals surface area contributed by atoms with Gasteiger partial charge in [-0.15, -0.1) is 0 Å². The second-order valence-electron chi connectivity index (χ2n) is 4.12. The molecular weight excluding hydrogens is 309 g/mol. The maximum atomic E-state index is 12.1. The van der Waals surface area contributed by atoms with Gasteiger partial charge in [0.25, 0.3) is 5.91 Å². The van der Waals surface area contributed by atoms with Crippen molar-refractivity contribution in [3.8, 4) is 11.8 Å². The van der Waals surface area contributed by atoms with Crippen molar-refractivity contribution in [1.29, 1.82) is 0 Å². The molecule has 0 heterocycles. The lowest BCUT2D eigenvalue weighted by Crippen LogP contribution is -2.12. The Bertz CT molecular complexity index is 715. The molecule has 0 spiro atoms. The minimum atomic E-state index is -0.277. The van der Waals surface area contributed by atoms with Crippen LogP contribution in [0.25, 0.3) is 0 Å². The van der Waals surface area contributed by atoms with E-state index in [9.17, 15) is 4.79 Å². The molecule has 2 aromatic rings. The van der Waals surface area contributed by atoms with Crippen molar-refractivity contribution in [2.75, 3.05) is 11.9 Å². The quantitative estimate of drug-likeness (QED) is 0.831. The van der Waals surface area contributed by atoms with E-state index in [-0.39, 0.29) is 12.5 Å². The highest BCUT2D eigenvalue weighted by Gasteiger charge is 2.08. The molecule has 0 radical (unpaired) electrons. The zero-order valence-corrected chi connectivity index (χ0v) is 12.4. The van der Waals surface area contributed by atoms with Crippen molar-refractivity contribution in [3.05, 3.63) is 63.6 Å². The van der Waals surface area contributed by atoms with Gasteiger partial charge in [-0.3, -0.25) is 4.79 Å². The molecule has 3 nitrogen and oxygen atoms in total. The fourth-order valence-electron chi connectivity index (χ4n) is 1.63. The van der Waals surface area contributed by atoms with Crippen LogP contribution in [0.1, 0.15) is 15.9 Å². The number of aliphatic hydroxyl groups excluding tert-OH is 1. The molecule has 2 rings (SSSR count). The molecule has 0 aliphatic rings. The van der Waals surface area contributed by atoms with Crippen LogP contribution in [0.15, 0.2) is 42.5 Å². The molecule has 106 valence electrons. The van der Waals surface area contributed by atoms with Gasteiger partial charge in [-0.25, -0.2) is 0 Å². The summed E-state index contributed by atoms with van der Waals surface area (Å²) in [5, 5.41) is 12.2. The largest absolute Gasteiger partial charge is 0.384 e. The van der Waals surface area contributed by atoms with E-state index in [0.29, 0.717) is 21.3 Å². The van der Waals surface area contributed by atoms with E-state index in [1.165, 1.54) is 0 Å². The number of rotatable bonds is 2. The highest BCUT2D eigenvalue weighted by Crippen LogP contribution is 2.25. The average molecular weight is 320 g/mol. The third-order valence-electron chi connectivity index (χ3n) is 2.64. The van der Waals surface area contributed by atoms with Crippen LogP contribution < -0.4 is 5.32 Å². The predicted molar refractivity (Wildman–Crippen MR) is 84.8 cm³/mol. The molecule has 0 atom stereocenters. The zero-order valence-electron chi connectivity index (χ0n) is 10.9. The second-order valence-corrected chi connectivity index (χ2v) is 4.96. The number of carbonyl (C=O) groups excluding carboxylic acids is 1. The zero-order chi connectivity index (χ0) is 15.2. The van der Waals surface area contributed by atoms with Gasteiger partial charge in [0.1, 0.15) is 6.61 Å². The van der Waals surface area contributed by atoms with Gasteiger partial charge in [0.05, 0.1) is 10.7 Å². The van der Waals surface area contributed by atoms with E-state index in [2.05, 4.69) is 17.2 Å². The lowest BCUT2D eigenvalue weighted by Gasteiger charge is -2.07. The molecule has 0 aliphatic heterocycles. The molecule has 1 amide bonds. The molecule has 5 heteroatoms. The van der Waals surface area contributed by atoms with Gasteiger partial charge < -0.3 is 10.4 Å². The van der Waals surface area contributed by atoms with Crippen LogP contribution in [0, 0.1) is 11.8 Å². The highest BCUT2D eigenvalue weighted by molar-refractivity contribution is 6.36. The van der Waals surface area contributed by atoms with Gasteiger partial charge in [0.2, 0.25) is 0 Å². The van der Waals surface area contributed by atoms with E-state index in [1.54, 1.807) is 42.5 Å². The molecule has 0 aliphatic carbocycles. The first-order chi connectivity index (χ1) is 10.1. The van der Waals surface area contributed by atoms with Crippen LogP contribution in [-0.2, 0) is 0 Å². The van der Waals surface area contributed by atoms with Gasteiger partial charge in [0.15, 0.2) is 0 Å². The number of nitrogens with one attached hydrogen (secondary N) is 1. The second kappa shape index (κ2) is 7.14. The van der Waals surface area contributed by atoms with E-state index in [0.717, 1.165) is 5.56 Å². The summed E-state index contributed by atoms with van der Waals surface area (Å²) in [5.41, 5.74) is 1.70. The molecule has 0 saturated heterocycles. The summed E-state index contributed by atoms with van der Waals surface area (Å²) in [4.78, 5) is 12.1. The van der Waals surface area contributed by atoms with E-state index < -0.39 is 0 Å². The Morgan fingerprint density at radius 1 is 1.14 bits per heavy atom. The van der Waals surface area contributed by atoms with Gasteiger partial charge >= 0.3 is 0 Å². The first kappa shape index (κ1) is 15.4. The number of anilines is 1. The summed E-state index contributed by atoms with van der Waals surface area (Å²) in [6.45, 7) is -0.197. The summed E-state index contributed by atoms with van der Waals surface area (Å²) in [6.07, 6.45) is 0. The molecule has 0 saturated carbocycles. The Hall–Kier alpha value is -1.99. The average Bonchev–Trinajstić information content (AvgIpc) is 2.48. The van der Waals surface area contributed by atoms with Crippen molar-refractivity contribution in [2.45, 2.75) is 0 Å². The Morgan fingerprint density at radius 2 is 1.86 bits per heavy atom. The van der Waals surface area contributed by atoms with Crippen molar-refractivity contribution in [1.82, 2.24) is 0 Å². The molecule has 21 heavy (non-hydrogen) atoms. The highest BCUT2D eigenvalue weighted by atomic mass is 35.5. The lowest BCUT2D eigenvalue weighted by atomic mass is 10.1. The summed E-state index contributed by atoms with van der Waals surface area (Å²) in [5.74, 6) is 5.02. The van der Waals surface area contributed by atoms with Crippen LogP contribution in [0.3, 0.4) is 0 Å². The Balaban J connectivity index is 2.13. The minimum absolute atomic E-state index is 0.197. The fraction of sp³-hybridized carbons (Fsp3) is 0.0625. The topological polar surface area (TPSA) is 49.3 Å². The normalized spacial score (nSPS) is 9.67. The molecule has 2 N–H and O–H groups in total. The lowest BCUT2D eigenvalue weighted by molar-refractivity contribution is 0.102. The number of aliphatic hydroxyl groups is 1. The van der Waals surface area contributed by atoms with Crippen LogP contribution >= 0.6 is 23.2 Å². The predicted octanol–water partition coefficient (Wildman–Crippen LogP) is 3.59. The molecule has 0 unspecified atom stereocenters. The van der Waals surface area contributed by atoms with E-state index in [4.69, 9.17) is 28.3 Å². The summed E-state index contributed by atoms with van der Waals surface area (Å²) >= 11 is 11.8. The molecule has 2 aromatic carbocycles. The van der Waals surface area contributed by atoms with Crippen molar-refractivity contribution >= 4 is 34.8 Å². The Morgan fingerprint density at radius 3 is 2.48 bits per heavy atom. The van der Waals surface area contributed by atoms with Crippen molar-refractivity contribution < 1.29 is 9.90 Å². The number of carbonyl (C=O) groups is 1. The smallest absolute Gasteiger partial charge is 0.255 e. The van der Waals surface area contributed by atoms with Gasteiger partial charge in [0, 0.05) is 16.1 Å². The molecule has 0 bridgehead atoms. The number of benzene rings is 2. The third-order valence-corrected chi connectivity index (χ3v) is 3.19. The molecule has 0 fully saturated rings. The van der Waals surface area contributed by atoms with E-state index >= 15 is 0 Å². The fourth-order valence-corrected chi connectivity index (χ4v) is 2.09. The SMILES string of the molecule is O=C(Nc1ccc(Cl)cc1Cl)c1ccc(C#CCO)cc1. The minimum Gasteiger partial charge on any atom is -0.384 e. The van der Waals surface area contributed by atoms with Gasteiger partial charge in [-0.1, -0.05) is 35.0 Å². The monoisotopic (exact) mass is 319 g/mol. The van der Waals surface area contributed by atoms with Crippen LogP contribution in [0.4, 0.5) is 5.69 Å². The van der Waals surface area contributed by atoms with Crippen LogP contribution in [0.2, 0.25) is 10.0 Å². The van der Waals surface area contributed by atoms with Crippen LogP contribution in [-0.4, -0.2) is 17.6 Å². The third kappa shape index (κ3) is 4.24. The van der Waals surface area contributed by atoms with Gasteiger partial charge in [-0.2, -0.15) is 0 Å². The first-order valence-electron chi connectivity index (χ1n) is 6.06. The molecular formula is C16H11Cl2NO2. The Labute approximate surface area is 132 Å². The summed E-state index contributed by atoms with van der Waals surface area (Å²) in [6, 6.07) is 11.6. The number of halogens is 2. The number of amides is 1. The standard InChI is InChI=1S/C16H11Cl2NO2/c17-13-7-8-15(14(18)10-13)19-16(21)12-5-3-11(4-6-12)2-1-9-20/h3-8,10,20H,9H2,(H,19,21). The van der Waals surface area contributed by atoms with Crippen LogP contribution in [0.5, 0.6) is 0 Å². The Kier molecular flexibility index (Phi) is 5.24. The summed E-state index contributed by atoms with van der Waals surface area (Å²) < 4.78 is 0. The van der Waals surface area contributed by atoms with Crippen molar-refractivity contribution in [3.63, 3.8) is 0 Å². The van der Waals surface area contributed by atoms with E-state index in [1.807, 2.05) is 0 Å². The van der Waals surface area contributed by atoms with Crippen molar-refractivity contribution in [2.24, 2.45) is 0 Å². The first-order valence-corrected chi connectivity index (χ1v) is 6.82. The maximum absolute atomic E-state index is 12.1. The molecule has 0 aromatic heterocycles. The summed E-state index contributed by atoms with van der Waals surface area (Å²) in [7, 11) is 0. The number of hydrogen-bond donors (Lipinski definition) is 2. The number of hydrogen-bond acceptors (Lipinski definition) is 2. The maximum Gasteiger partial charge on any atom is 0.255 e. The van der Waals surface area contributed by atoms with Gasteiger partial charge in [-0.05, 0) is 42.5 Å².